The van der Waals surface area contributed by atoms with E-state index >= 15 is 0 Å². The predicted octanol–water partition coefficient (Wildman–Crippen LogP) is 2.62. The first-order valence-electron chi connectivity index (χ1n) is 6.92. The van der Waals surface area contributed by atoms with Gasteiger partial charge >= 0.3 is 0 Å². The smallest absolute Gasteiger partial charge is 0.175 e. The third kappa shape index (κ3) is 4.15. The predicted molar refractivity (Wildman–Crippen MR) is 76.7 cm³/mol. The summed E-state index contributed by atoms with van der Waals surface area (Å²) in [5.74, 6) is -0.00602. The molecule has 1 aromatic carbocycles. The first-order chi connectivity index (χ1) is 9.47. The Labute approximate surface area is 120 Å². The van der Waals surface area contributed by atoms with Crippen LogP contribution >= 0.6 is 0 Å². The molecule has 1 heterocycles. The number of sulfone groups is 1. The summed E-state index contributed by atoms with van der Waals surface area (Å²) in [7, 11) is -3.26. The maximum absolute atomic E-state index is 12.1. The molecule has 110 valence electrons. The van der Waals surface area contributed by atoms with Gasteiger partial charge in [0.25, 0.3) is 0 Å². The third-order valence-electron chi connectivity index (χ3n) is 3.54. The molecule has 1 aromatic rings. The Morgan fingerprint density at radius 1 is 1.40 bits per heavy atom. The zero-order chi connectivity index (χ0) is 14.6. The van der Waals surface area contributed by atoms with Gasteiger partial charge in [0, 0.05) is 24.8 Å². The SMILES string of the molecule is CS(=O)(=O)c1cccc(C(=O)CCCC2CCCO2)c1. The van der Waals surface area contributed by atoms with Crippen molar-refractivity contribution in [3.05, 3.63) is 29.8 Å². The van der Waals surface area contributed by atoms with Gasteiger partial charge in [-0.2, -0.15) is 0 Å². The number of hydrogen-bond acceptors (Lipinski definition) is 4. The molecule has 1 aliphatic rings. The Hall–Kier alpha value is -1.20. The fraction of sp³-hybridized carbons (Fsp3) is 0.533. The molecular weight excluding hydrogens is 276 g/mol. The molecule has 4 nitrogen and oxygen atoms in total. The molecule has 1 unspecified atom stereocenters. The summed E-state index contributed by atoms with van der Waals surface area (Å²) >= 11 is 0. The van der Waals surface area contributed by atoms with Crippen molar-refractivity contribution in [1.82, 2.24) is 0 Å². The fourth-order valence-electron chi connectivity index (χ4n) is 2.41. The van der Waals surface area contributed by atoms with Crippen LogP contribution in [0.5, 0.6) is 0 Å². The van der Waals surface area contributed by atoms with Crippen LogP contribution in [-0.2, 0) is 14.6 Å². The molecule has 2 rings (SSSR count). The minimum atomic E-state index is -3.26. The van der Waals surface area contributed by atoms with Gasteiger partial charge in [-0.1, -0.05) is 12.1 Å². The van der Waals surface area contributed by atoms with E-state index in [0.29, 0.717) is 18.1 Å². The molecule has 1 aliphatic heterocycles. The van der Waals surface area contributed by atoms with E-state index in [4.69, 9.17) is 4.74 Å². The average molecular weight is 296 g/mol. The second-order valence-electron chi connectivity index (χ2n) is 5.25. The lowest BCUT2D eigenvalue weighted by molar-refractivity contribution is 0.0922. The Morgan fingerprint density at radius 3 is 2.85 bits per heavy atom. The molecule has 0 aliphatic carbocycles. The van der Waals surface area contributed by atoms with Gasteiger partial charge in [-0.3, -0.25) is 4.79 Å². The van der Waals surface area contributed by atoms with Gasteiger partial charge in [-0.25, -0.2) is 8.42 Å². The molecule has 0 aromatic heterocycles. The van der Waals surface area contributed by atoms with E-state index in [2.05, 4.69) is 0 Å². The molecule has 1 atom stereocenters. The van der Waals surface area contributed by atoms with Crippen molar-refractivity contribution in [3.63, 3.8) is 0 Å². The van der Waals surface area contributed by atoms with E-state index in [0.717, 1.165) is 38.5 Å². The molecule has 1 fully saturated rings. The number of Topliss-reactive ketones (excluding diaryl/α,β-unsaturated/α-hetero) is 1. The van der Waals surface area contributed by atoms with Crippen LogP contribution < -0.4 is 0 Å². The quantitative estimate of drug-likeness (QED) is 0.757. The molecule has 1 saturated heterocycles. The summed E-state index contributed by atoms with van der Waals surface area (Å²) in [6.07, 6.45) is 5.75. The van der Waals surface area contributed by atoms with Crippen molar-refractivity contribution in [3.8, 4) is 0 Å². The van der Waals surface area contributed by atoms with E-state index < -0.39 is 9.84 Å². The number of benzene rings is 1. The normalized spacial score (nSPS) is 19.1. The molecular formula is C15H20O4S. The lowest BCUT2D eigenvalue weighted by atomic mass is 10.0. The summed E-state index contributed by atoms with van der Waals surface area (Å²) in [5, 5.41) is 0. The molecule has 0 spiro atoms. The fourth-order valence-corrected chi connectivity index (χ4v) is 3.07. The van der Waals surface area contributed by atoms with Crippen LogP contribution in [0.4, 0.5) is 0 Å². The highest BCUT2D eigenvalue weighted by molar-refractivity contribution is 7.90. The third-order valence-corrected chi connectivity index (χ3v) is 4.65. The summed E-state index contributed by atoms with van der Waals surface area (Å²) in [4.78, 5) is 12.3. The van der Waals surface area contributed by atoms with E-state index in [1.54, 1.807) is 12.1 Å². The zero-order valence-corrected chi connectivity index (χ0v) is 12.5. The van der Waals surface area contributed by atoms with Crippen molar-refractivity contribution in [2.45, 2.75) is 43.1 Å². The first kappa shape index (κ1) is 15.2. The van der Waals surface area contributed by atoms with E-state index in [-0.39, 0.29) is 10.7 Å². The van der Waals surface area contributed by atoms with Gasteiger partial charge in [-0.15, -0.1) is 0 Å². The highest BCUT2D eigenvalue weighted by atomic mass is 32.2. The molecule has 0 N–H and O–H groups in total. The average Bonchev–Trinajstić information content (AvgIpc) is 2.91. The molecule has 0 saturated carbocycles. The van der Waals surface area contributed by atoms with Crippen LogP contribution in [0.25, 0.3) is 0 Å². The summed E-state index contributed by atoms with van der Waals surface area (Å²) in [5.41, 5.74) is 0.472. The largest absolute Gasteiger partial charge is 0.378 e. The second-order valence-corrected chi connectivity index (χ2v) is 7.27. The second kappa shape index (κ2) is 6.50. The standard InChI is InChI=1S/C15H20O4S/c1-20(17,18)14-8-2-5-12(11-14)15(16)9-3-6-13-7-4-10-19-13/h2,5,8,11,13H,3-4,6-7,9-10H2,1H3. The van der Waals surface area contributed by atoms with Gasteiger partial charge < -0.3 is 4.74 Å². The number of rotatable bonds is 6. The molecule has 0 radical (unpaired) electrons. The van der Waals surface area contributed by atoms with Crippen LogP contribution in [0.1, 0.15) is 42.5 Å². The minimum absolute atomic E-state index is 0.00602. The van der Waals surface area contributed by atoms with Crippen molar-refractivity contribution in [1.29, 1.82) is 0 Å². The highest BCUT2D eigenvalue weighted by Gasteiger charge is 2.16. The highest BCUT2D eigenvalue weighted by Crippen LogP contribution is 2.19. The van der Waals surface area contributed by atoms with Crippen LogP contribution in [0, 0.1) is 0 Å². The maximum Gasteiger partial charge on any atom is 0.175 e. The summed E-state index contributed by atoms with van der Waals surface area (Å²) < 4.78 is 28.4. The summed E-state index contributed by atoms with van der Waals surface area (Å²) in [6, 6.07) is 6.26. The van der Waals surface area contributed by atoms with Crippen LogP contribution in [-0.4, -0.2) is 33.2 Å². The van der Waals surface area contributed by atoms with Gasteiger partial charge in [0.05, 0.1) is 11.0 Å². The topological polar surface area (TPSA) is 60.4 Å². The van der Waals surface area contributed by atoms with E-state index in [1.165, 1.54) is 12.1 Å². The maximum atomic E-state index is 12.1. The lowest BCUT2D eigenvalue weighted by Crippen LogP contribution is -2.07. The zero-order valence-electron chi connectivity index (χ0n) is 11.7. The monoisotopic (exact) mass is 296 g/mol. The van der Waals surface area contributed by atoms with Gasteiger partial charge in [0.1, 0.15) is 0 Å². The minimum Gasteiger partial charge on any atom is -0.378 e. The van der Waals surface area contributed by atoms with Crippen LogP contribution in [0.2, 0.25) is 0 Å². The Bertz CT molecular complexity index is 571. The summed E-state index contributed by atoms with van der Waals surface area (Å²) in [6.45, 7) is 0.828. The van der Waals surface area contributed by atoms with Crippen molar-refractivity contribution >= 4 is 15.6 Å². The number of ether oxygens (including phenoxy) is 1. The number of carbonyl (C=O) groups excluding carboxylic acids is 1. The van der Waals surface area contributed by atoms with Crippen molar-refractivity contribution < 1.29 is 17.9 Å². The van der Waals surface area contributed by atoms with Crippen LogP contribution in [0.3, 0.4) is 0 Å². The molecule has 20 heavy (non-hydrogen) atoms. The Kier molecular flexibility index (Phi) is 4.94. The number of hydrogen-bond donors (Lipinski definition) is 0. The van der Waals surface area contributed by atoms with Gasteiger partial charge in [0.15, 0.2) is 15.6 Å². The van der Waals surface area contributed by atoms with Crippen LogP contribution in [0.15, 0.2) is 29.2 Å². The molecule has 0 bridgehead atoms. The number of carbonyl (C=O) groups is 1. The first-order valence-corrected chi connectivity index (χ1v) is 8.81. The Balaban J connectivity index is 1.92. The number of ketones is 1. The molecule has 0 amide bonds. The van der Waals surface area contributed by atoms with E-state index in [1.807, 2.05) is 0 Å². The Morgan fingerprint density at radius 2 is 2.20 bits per heavy atom. The van der Waals surface area contributed by atoms with Crippen molar-refractivity contribution in [2.75, 3.05) is 12.9 Å². The lowest BCUT2D eigenvalue weighted by Gasteiger charge is -2.08. The molecule has 5 heteroatoms. The van der Waals surface area contributed by atoms with Gasteiger partial charge in [0.2, 0.25) is 0 Å². The van der Waals surface area contributed by atoms with Crippen molar-refractivity contribution in [2.24, 2.45) is 0 Å². The van der Waals surface area contributed by atoms with E-state index in [9.17, 15) is 13.2 Å². The van der Waals surface area contributed by atoms with Gasteiger partial charge in [-0.05, 0) is 37.8 Å².